The zero-order chi connectivity index (χ0) is 17.2. The Labute approximate surface area is 132 Å². The zero-order valence-corrected chi connectivity index (χ0v) is 13.1. The van der Waals surface area contributed by atoms with Crippen LogP contribution in [0.2, 0.25) is 0 Å². The van der Waals surface area contributed by atoms with Gasteiger partial charge in [0.15, 0.2) is 6.29 Å². The minimum Gasteiger partial charge on any atom is -0.371 e. The van der Waals surface area contributed by atoms with Crippen molar-refractivity contribution in [3.63, 3.8) is 0 Å². The number of piperidine rings is 1. The first-order chi connectivity index (χ1) is 10.7. The van der Waals surface area contributed by atoms with Gasteiger partial charge < -0.3 is 9.80 Å². The molecule has 1 saturated heterocycles. The quantitative estimate of drug-likeness (QED) is 0.801. The first kappa shape index (κ1) is 17.3. The van der Waals surface area contributed by atoms with Crippen molar-refractivity contribution in [1.29, 1.82) is 0 Å². The van der Waals surface area contributed by atoms with E-state index >= 15 is 0 Å². The Hall–Kier alpha value is -2.05. The molecule has 0 atom stereocenters. The summed E-state index contributed by atoms with van der Waals surface area (Å²) in [7, 11) is 3.37. The number of hydrogen-bond donors (Lipinski definition) is 0. The molecule has 0 bridgehead atoms. The summed E-state index contributed by atoms with van der Waals surface area (Å²) in [5, 5.41) is 0. The van der Waals surface area contributed by atoms with Crippen molar-refractivity contribution < 1.29 is 22.8 Å². The Morgan fingerprint density at radius 3 is 2.35 bits per heavy atom. The third-order valence-corrected chi connectivity index (χ3v) is 4.11. The van der Waals surface area contributed by atoms with Gasteiger partial charge in [-0.15, -0.1) is 0 Å². The van der Waals surface area contributed by atoms with E-state index in [2.05, 4.69) is 0 Å². The molecule has 0 spiro atoms. The normalized spacial score (nSPS) is 16.3. The summed E-state index contributed by atoms with van der Waals surface area (Å²) >= 11 is 0. The van der Waals surface area contributed by atoms with Crippen LogP contribution in [-0.4, -0.2) is 44.3 Å². The molecule has 0 saturated carbocycles. The van der Waals surface area contributed by atoms with Crippen LogP contribution < -0.4 is 4.90 Å². The average Bonchev–Trinajstić information content (AvgIpc) is 2.52. The van der Waals surface area contributed by atoms with Crippen molar-refractivity contribution >= 4 is 17.9 Å². The molecular weight excluding hydrogens is 309 g/mol. The van der Waals surface area contributed by atoms with Crippen LogP contribution in [0.5, 0.6) is 0 Å². The van der Waals surface area contributed by atoms with Crippen LogP contribution in [0.25, 0.3) is 0 Å². The molecule has 1 aliphatic rings. The van der Waals surface area contributed by atoms with E-state index < -0.39 is 11.7 Å². The van der Waals surface area contributed by atoms with Gasteiger partial charge in [0.2, 0.25) is 5.91 Å². The molecule has 1 aliphatic heterocycles. The van der Waals surface area contributed by atoms with E-state index in [0.717, 1.165) is 12.1 Å². The maximum absolute atomic E-state index is 12.9. The van der Waals surface area contributed by atoms with Crippen molar-refractivity contribution in [2.75, 3.05) is 32.1 Å². The molecule has 7 heteroatoms. The van der Waals surface area contributed by atoms with E-state index in [4.69, 9.17) is 0 Å². The average molecular weight is 328 g/mol. The highest BCUT2D eigenvalue weighted by atomic mass is 19.4. The second-order valence-electron chi connectivity index (χ2n) is 5.88. The number of carbonyl (C=O) groups excluding carboxylic acids is 2. The summed E-state index contributed by atoms with van der Waals surface area (Å²) in [6, 6.07) is 3.12. The first-order valence-electron chi connectivity index (χ1n) is 7.36. The Kier molecular flexibility index (Phi) is 4.97. The SMILES string of the molecule is CN(C)C(=O)C1CCN(c2cc(C(F)(F)F)ccc2C=O)CC1. The fourth-order valence-electron chi connectivity index (χ4n) is 2.83. The molecule has 1 aromatic rings. The molecule has 23 heavy (non-hydrogen) atoms. The van der Waals surface area contributed by atoms with E-state index in [1.165, 1.54) is 11.0 Å². The molecule has 0 aromatic heterocycles. The molecule has 0 radical (unpaired) electrons. The van der Waals surface area contributed by atoms with Crippen LogP contribution in [0.3, 0.4) is 0 Å². The van der Waals surface area contributed by atoms with Crippen LogP contribution >= 0.6 is 0 Å². The lowest BCUT2D eigenvalue weighted by Gasteiger charge is -2.34. The Morgan fingerprint density at radius 1 is 1.26 bits per heavy atom. The molecule has 0 N–H and O–H groups in total. The van der Waals surface area contributed by atoms with E-state index in [9.17, 15) is 22.8 Å². The molecule has 1 fully saturated rings. The van der Waals surface area contributed by atoms with Crippen molar-refractivity contribution in [3.05, 3.63) is 29.3 Å². The molecule has 1 amide bonds. The minimum atomic E-state index is -4.45. The minimum absolute atomic E-state index is 0.0318. The number of hydrogen-bond acceptors (Lipinski definition) is 3. The highest BCUT2D eigenvalue weighted by Crippen LogP contribution is 2.34. The fourth-order valence-corrected chi connectivity index (χ4v) is 2.83. The van der Waals surface area contributed by atoms with Gasteiger partial charge >= 0.3 is 6.18 Å². The van der Waals surface area contributed by atoms with Gasteiger partial charge in [0, 0.05) is 44.4 Å². The molecule has 1 aromatic carbocycles. The maximum atomic E-state index is 12.9. The van der Waals surface area contributed by atoms with Gasteiger partial charge in [-0.3, -0.25) is 9.59 Å². The van der Waals surface area contributed by atoms with E-state index in [0.29, 0.717) is 32.2 Å². The number of carbonyl (C=O) groups is 2. The number of anilines is 1. The van der Waals surface area contributed by atoms with Crippen molar-refractivity contribution in [2.24, 2.45) is 5.92 Å². The van der Waals surface area contributed by atoms with Crippen LogP contribution in [0.4, 0.5) is 18.9 Å². The molecule has 4 nitrogen and oxygen atoms in total. The molecule has 2 rings (SSSR count). The monoisotopic (exact) mass is 328 g/mol. The van der Waals surface area contributed by atoms with Crippen LogP contribution in [0.15, 0.2) is 18.2 Å². The largest absolute Gasteiger partial charge is 0.416 e. The number of alkyl halides is 3. The van der Waals surface area contributed by atoms with Gasteiger partial charge in [-0.1, -0.05) is 0 Å². The first-order valence-corrected chi connectivity index (χ1v) is 7.36. The molecule has 126 valence electrons. The molecule has 0 aliphatic carbocycles. The van der Waals surface area contributed by atoms with Gasteiger partial charge in [0.05, 0.1) is 5.56 Å². The lowest BCUT2D eigenvalue weighted by Crippen LogP contribution is -2.40. The highest BCUT2D eigenvalue weighted by Gasteiger charge is 2.32. The Balaban J connectivity index is 2.19. The Morgan fingerprint density at radius 2 is 1.87 bits per heavy atom. The van der Waals surface area contributed by atoms with E-state index in [1.807, 2.05) is 0 Å². The van der Waals surface area contributed by atoms with Crippen molar-refractivity contribution in [3.8, 4) is 0 Å². The van der Waals surface area contributed by atoms with Gasteiger partial charge in [0.25, 0.3) is 0 Å². The summed E-state index contributed by atoms with van der Waals surface area (Å²) in [6.45, 7) is 0.902. The second-order valence-corrected chi connectivity index (χ2v) is 5.88. The van der Waals surface area contributed by atoms with Gasteiger partial charge in [-0.05, 0) is 31.0 Å². The maximum Gasteiger partial charge on any atom is 0.416 e. The molecule has 0 unspecified atom stereocenters. The number of nitrogens with zero attached hydrogens (tertiary/aromatic N) is 2. The standard InChI is InChI=1S/C16H19F3N2O2/c1-20(2)15(23)11-5-7-21(8-6-11)14-9-13(16(17,18)19)4-3-12(14)10-22/h3-4,9-11H,5-8H2,1-2H3. The number of benzene rings is 1. The molecular formula is C16H19F3N2O2. The molecule has 1 heterocycles. The van der Waals surface area contributed by atoms with Gasteiger partial charge in [0.1, 0.15) is 0 Å². The highest BCUT2D eigenvalue weighted by molar-refractivity contribution is 5.85. The fraction of sp³-hybridized carbons (Fsp3) is 0.500. The van der Waals surface area contributed by atoms with Crippen LogP contribution in [0.1, 0.15) is 28.8 Å². The number of aldehydes is 1. The summed E-state index contributed by atoms with van der Waals surface area (Å²) in [5.41, 5.74) is -0.259. The lowest BCUT2D eigenvalue weighted by atomic mass is 9.94. The lowest BCUT2D eigenvalue weighted by molar-refractivity contribution is -0.137. The smallest absolute Gasteiger partial charge is 0.371 e. The third kappa shape index (κ3) is 3.83. The second kappa shape index (κ2) is 6.60. The van der Waals surface area contributed by atoms with Crippen molar-refractivity contribution in [1.82, 2.24) is 4.90 Å². The number of rotatable bonds is 3. The zero-order valence-electron chi connectivity index (χ0n) is 13.1. The topological polar surface area (TPSA) is 40.6 Å². The number of halogens is 3. The summed E-state index contributed by atoms with van der Waals surface area (Å²) in [4.78, 5) is 26.4. The van der Waals surface area contributed by atoms with Crippen molar-refractivity contribution in [2.45, 2.75) is 19.0 Å². The van der Waals surface area contributed by atoms with Crippen LogP contribution in [-0.2, 0) is 11.0 Å². The predicted octanol–water partition coefficient (Wildman–Crippen LogP) is 2.82. The summed E-state index contributed by atoms with van der Waals surface area (Å²) in [5.74, 6) is -0.0870. The van der Waals surface area contributed by atoms with E-state index in [1.54, 1.807) is 19.0 Å². The summed E-state index contributed by atoms with van der Waals surface area (Å²) < 4.78 is 38.6. The van der Waals surface area contributed by atoms with Gasteiger partial charge in [-0.2, -0.15) is 13.2 Å². The summed E-state index contributed by atoms with van der Waals surface area (Å²) in [6.07, 6.45) is -2.76. The Bertz CT molecular complexity index is 591. The van der Waals surface area contributed by atoms with Gasteiger partial charge in [-0.25, -0.2) is 0 Å². The van der Waals surface area contributed by atoms with E-state index in [-0.39, 0.29) is 23.1 Å². The number of amides is 1. The van der Waals surface area contributed by atoms with Crippen LogP contribution in [0, 0.1) is 5.92 Å². The predicted molar refractivity (Wildman–Crippen MR) is 80.5 cm³/mol. The third-order valence-electron chi connectivity index (χ3n) is 4.11.